The minimum atomic E-state index is -1.17. The number of hydrogen-bond donors (Lipinski definition) is 3. The largest absolute Gasteiger partial charge is 0.456 e. The third kappa shape index (κ3) is 10.5. The standard InChI is InChI=1S/C43H56N4O12/c1-24(2)36(44-42(54)56-5)38(50)46-20-8-12-32(46)40(52)58-22-34(48)27-16-14-26(15-17-27)28-18-19-31(30-11-7-10-29(28)30)35(49)23-59-41(53)33-13-9-21-47(33)39(51)37(25(3)4)45-43(55)57-6/h14-19,24-25,32-33,36-37,39,51H,7-13,20-23H2,1-6H3,(H,44,54)(H,45,55). The molecule has 3 amide bonds. The lowest BCUT2D eigenvalue weighted by Crippen LogP contribution is -2.56. The Bertz CT molecular complexity index is 1900. The first kappa shape index (κ1) is 44.7. The van der Waals surface area contributed by atoms with E-state index >= 15 is 0 Å². The van der Waals surface area contributed by atoms with E-state index in [4.69, 9.17) is 14.2 Å². The van der Waals surface area contributed by atoms with Crippen LogP contribution in [0.5, 0.6) is 0 Å². The Morgan fingerprint density at radius 2 is 1.31 bits per heavy atom. The van der Waals surface area contributed by atoms with E-state index in [1.165, 1.54) is 19.1 Å². The van der Waals surface area contributed by atoms with Crippen LogP contribution in [-0.2, 0) is 46.2 Å². The van der Waals surface area contributed by atoms with Gasteiger partial charge in [0.2, 0.25) is 11.7 Å². The highest BCUT2D eigenvalue weighted by Gasteiger charge is 2.42. The number of hydrogen-bond acceptors (Lipinski definition) is 13. The van der Waals surface area contributed by atoms with Crippen molar-refractivity contribution in [3.63, 3.8) is 0 Å². The summed E-state index contributed by atoms with van der Waals surface area (Å²) in [6.45, 7) is 6.99. The lowest BCUT2D eigenvalue weighted by atomic mass is 9.91. The quantitative estimate of drug-likeness (QED) is 0.125. The monoisotopic (exact) mass is 820 g/mol. The topological polar surface area (TPSA) is 207 Å². The highest BCUT2D eigenvalue weighted by Crippen LogP contribution is 2.35. The van der Waals surface area contributed by atoms with Gasteiger partial charge in [0.25, 0.3) is 0 Å². The molecule has 2 aromatic rings. The zero-order valence-electron chi connectivity index (χ0n) is 34.6. The van der Waals surface area contributed by atoms with Gasteiger partial charge in [-0.3, -0.25) is 24.1 Å². The Kier molecular flexibility index (Phi) is 15.2. The number of nitrogens with one attached hydrogen (secondary N) is 2. The molecule has 0 aromatic heterocycles. The fourth-order valence-electron chi connectivity index (χ4n) is 8.20. The highest BCUT2D eigenvalue weighted by molar-refractivity contribution is 6.01. The first-order valence-corrected chi connectivity index (χ1v) is 20.2. The molecule has 2 saturated heterocycles. The summed E-state index contributed by atoms with van der Waals surface area (Å²) in [5, 5.41) is 16.3. The molecular weight excluding hydrogens is 764 g/mol. The summed E-state index contributed by atoms with van der Waals surface area (Å²) >= 11 is 0. The van der Waals surface area contributed by atoms with E-state index in [2.05, 4.69) is 15.4 Å². The van der Waals surface area contributed by atoms with Crippen molar-refractivity contribution in [3.05, 3.63) is 58.7 Å². The van der Waals surface area contributed by atoms with Crippen LogP contribution in [0.15, 0.2) is 36.4 Å². The number of fused-ring (bicyclic) bond motifs is 1. The molecule has 0 radical (unpaired) electrons. The maximum absolute atomic E-state index is 13.5. The van der Waals surface area contributed by atoms with E-state index in [0.29, 0.717) is 56.3 Å². The van der Waals surface area contributed by atoms with E-state index < -0.39 is 79.4 Å². The van der Waals surface area contributed by atoms with Gasteiger partial charge in [0.1, 0.15) is 24.4 Å². The van der Waals surface area contributed by atoms with Crippen molar-refractivity contribution < 1.29 is 57.6 Å². The lowest BCUT2D eigenvalue weighted by Gasteiger charge is -2.35. The SMILES string of the molecule is COC(=O)NC(C(=O)N1CCCC1C(=O)OCC(=O)c1ccc(-c2ccc(C(=O)COC(=O)C3CCCN3C(O)C(NC(=O)OC)C(C)C)c3c2CCC3)cc1)C(C)C. The van der Waals surface area contributed by atoms with Crippen LogP contribution in [0, 0.1) is 11.8 Å². The maximum atomic E-state index is 13.5. The van der Waals surface area contributed by atoms with Crippen molar-refractivity contribution in [1.82, 2.24) is 20.4 Å². The normalized spacial score (nSPS) is 19.1. The molecule has 5 unspecified atom stereocenters. The van der Waals surface area contributed by atoms with Crippen molar-refractivity contribution in [2.75, 3.05) is 40.5 Å². The van der Waals surface area contributed by atoms with E-state index in [1.54, 1.807) is 49.1 Å². The number of ketones is 2. The molecule has 3 aliphatic rings. The van der Waals surface area contributed by atoms with Gasteiger partial charge in [-0.05, 0) is 79.0 Å². The van der Waals surface area contributed by atoms with Gasteiger partial charge < -0.3 is 39.6 Å². The first-order valence-electron chi connectivity index (χ1n) is 20.2. The zero-order valence-corrected chi connectivity index (χ0v) is 34.6. The summed E-state index contributed by atoms with van der Waals surface area (Å²) in [5.41, 5.74) is 4.47. The summed E-state index contributed by atoms with van der Waals surface area (Å²) in [6, 6.07) is 7.26. The third-order valence-corrected chi connectivity index (χ3v) is 11.4. The number of aliphatic hydroxyl groups excluding tert-OH is 1. The van der Waals surface area contributed by atoms with Crippen LogP contribution in [0.4, 0.5) is 9.59 Å². The number of benzene rings is 2. The van der Waals surface area contributed by atoms with Gasteiger partial charge in [-0.1, -0.05) is 64.1 Å². The molecule has 5 rings (SSSR count). The number of methoxy groups -OCH3 is 2. The summed E-state index contributed by atoms with van der Waals surface area (Å²) in [5.74, 6) is -2.90. The van der Waals surface area contributed by atoms with E-state index in [-0.39, 0.29) is 17.6 Å². The number of ether oxygens (including phenoxy) is 4. The van der Waals surface area contributed by atoms with Crippen LogP contribution >= 0.6 is 0 Å². The number of alkyl carbamates (subject to hydrolysis) is 2. The number of likely N-dealkylation sites (tertiary alicyclic amines) is 2. The van der Waals surface area contributed by atoms with Gasteiger partial charge in [-0.25, -0.2) is 14.4 Å². The van der Waals surface area contributed by atoms with Gasteiger partial charge in [-0.2, -0.15) is 0 Å². The Morgan fingerprint density at radius 3 is 1.95 bits per heavy atom. The summed E-state index contributed by atoms with van der Waals surface area (Å²) < 4.78 is 20.3. The van der Waals surface area contributed by atoms with Crippen LogP contribution < -0.4 is 10.6 Å². The first-order chi connectivity index (χ1) is 28.2. The lowest BCUT2D eigenvalue weighted by molar-refractivity contribution is -0.153. The molecule has 1 aliphatic carbocycles. The predicted molar refractivity (Wildman–Crippen MR) is 213 cm³/mol. The molecule has 3 N–H and O–H groups in total. The molecule has 0 spiro atoms. The second-order valence-corrected chi connectivity index (χ2v) is 15.9. The van der Waals surface area contributed by atoms with Crippen molar-refractivity contribution >= 4 is 41.6 Å². The molecule has 2 fully saturated rings. The molecule has 0 saturated carbocycles. The molecule has 2 heterocycles. The Morgan fingerprint density at radius 1 is 0.712 bits per heavy atom. The zero-order chi connectivity index (χ0) is 43.0. The molecule has 16 nitrogen and oxygen atoms in total. The van der Waals surface area contributed by atoms with Crippen molar-refractivity contribution in [2.24, 2.45) is 11.8 Å². The van der Waals surface area contributed by atoms with Crippen molar-refractivity contribution in [3.8, 4) is 11.1 Å². The van der Waals surface area contributed by atoms with Crippen LogP contribution in [0.25, 0.3) is 11.1 Å². The minimum Gasteiger partial charge on any atom is -0.456 e. The van der Waals surface area contributed by atoms with Gasteiger partial charge in [0.05, 0.1) is 20.3 Å². The number of carbonyl (C=O) groups is 7. The Labute approximate surface area is 344 Å². The minimum absolute atomic E-state index is 0.163. The molecule has 16 heteroatoms. The smallest absolute Gasteiger partial charge is 0.407 e. The van der Waals surface area contributed by atoms with E-state index in [0.717, 1.165) is 35.1 Å². The van der Waals surface area contributed by atoms with Crippen LogP contribution in [0.1, 0.15) is 91.6 Å². The molecular formula is C43H56N4O12. The predicted octanol–water partition coefficient (Wildman–Crippen LogP) is 3.83. The Balaban J connectivity index is 1.18. The van der Waals surface area contributed by atoms with Crippen LogP contribution in [-0.4, -0.2) is 127 Å². The third-order valence-electron chi connectivity index (χ3n) is 11.4. The average Bonchev–Trinajstić information content (AvgIpc) is 4.04. The second-order valence-electron chi connectivity index (χ2n) is 15.9. The van der Waals surface area contributed by atoms with E-state index in [1.807, 2.05) is 19.9 Å². The second kappa shape index (κ2) is 20.1. The summed E-state index contributed by atoms with van der Waals surface area (Å²) in [6.07, 6.45) is 1.66. The molecule has 0 bridgehead atoms. The molecule has 2 aromatic carbocycles. The number of esters is 2. The van der Waals surface area contributed by atoms with Crippen molar-refractivity contribution in [1.29, 1.82) is 0 Å². The number of aliphatic hydroxyl groups is 1. The van der Waals surface area contributed by atoms with Gasteiger partial charge in [0, 0.05) is 24.2 Å². The van der Waals surface area contributed by atoms with E-state index in [9.17, 15) is 38.7 Å². The molecule has 59 heavy (non-hydrogen) atoms. The van der Waals surface area contributed by atoms with Crippen LogP contribution in [0.2, 0.25) is 0 Å². The van der Waals surface area contributed by atoms with Gasteiger partial charge >= 0.3 is 24.1 Å². The van der Waals surface area contributed by atoms with Crippen LogP contribution in [0.3, 0.4) is 0 Å². The number of amides is 3. The fraction of sp³-hybridized carbons (Fsp3) is 0.558. The fourth-order valence-corrected chi connectivity index (χ4v) is 8.20. The number of nitrogens with zero attached hydrogens (tertiary/aromatic N) is 2. The Hall–Kier alpha value is -5.35. The number of carbonyl (C=O) groups excluding carboxylic acids is 7. The average molecular weight is 821 g/mol. The van der Waals surface area contributed by atoms with Crippen molar-refractivity contribution in [2.45, 2.75) is 103 Å². The van der Waals surface area contributed by atoms with Gasteiger partial charge in [0.15, 0.2) is 19.0 Å². The molecule has 320 valence electrons. The van der Waals surface area contributed by atoms with Gasteiger partial charge in [-0.15, -0.1) is 0 Å². The molecule has 5 atom stereocenters. The maximum Gasteiger partial charge on any atom is 0.407 e. The highest BCUT2D eigenvalue weighted by atomic mass is 16.6. The summed E-state index contributed by atoms with van der Waals surface area (Å²) in [4.78, 5) is 93.0. The number of rotatable bonds is 16. The molecule has 2 aliphatic heterocycles. The summed E-state index contributed by atoms with van der Waals surface area (Å²) in [7, 11) is 2.44. The number of Topliss-reactive ketones (excluding diaryl/α,β-unsaturated/α-hetero) is 2.